The number of carbonyl (C=O) groups excluding carboxylic acids is 1. The fraction of sp³-hybridized carbons (Fsp3) is 0.250. The zero-order chi connectivity index (χ0) is 22.7. The van der Waals surface area contributed by atoms with Gasteiger partial charge in [-0.1, -0.05) is 21.3 Å². The minimum absolute atomic E-state index is 0. The smallest absolute Gasteiger partial charge is 0.335 e. The predicted molar refractivity (Wildman–Crippen MR) is 124 cm³/mol. The number of aldehydes is 1. The maximum Gasteiger partial charge on any atom is 0.335 e. The lowest BCUT2D eigenvalue weighted by molar-refractivity contribution is -0.107. The number of rotatable bonds is 4. The number of pyridine rings is 1. The van der Waals surface area contributed by atoms with Gasteiger partial charge in [-0.3, -0.25) is 4.98 Å². The van der Waals surface area contributed by atoms with Crippen molar-refractivity contribution in [2.24, 2.45) is 0 Å². The Labute approximate surface area is 182 Å². The minimum Gasteiger partial charge on any atom is -0.478 e. The molecule has 0 saturated carbocycles. The van der Waals surface area contributed by atoms with Crippen LogP contribution in [0.5, 0.6) is 0 Å². The highest BCUT2D eigenvalue weighted by atomic mass is 16.4. The van der Waals surface area contributed by atoms with Gasteiger partial charge < -0.3 is 20.7 Å². The van der Waals surface area contributed by atoms with Crippen LogP contribution in [0.3, 0.4) is 0 Å². The molecule has 0 spiro atoms. The van der Waals surface area contributed by atoms with Crippen molar-refractivity contribution in [2.75, 3.05) is 5.73 Å². The van der Waals surface area contributed by atoms with Crippen LogP contribution in [-0.2, 0) is 11.2 Å². The molecule has 7 nitrogen and oxygen atoms in total. The lowest BCUT2D eigenvalue weighted by atomic mass is 10.1. The minimum atomic E-state index is -0.931. The summed E-state index contributed by atoms with van der Waals surface area (Å²) in [5.74, 6) is -1.83. The number of carbonyl (C=O) groups is 3. The molecule has 0 radical (unpaired) electrons. The van der Waals surface area contributed by atoms with Gasteiger partial charge in [-0.25, -0.2) is 9.59 Å². The van der Waals surface area contributed by atoms with Crippen molar-refractivity contribution < 1.29 is 24.6 Å². The van der Waals surface area contributed by atoms with E-state index < -0.39 is 11.9 Å². The molecule has 0 unspecified atom stereocenters. The van der Waals surface area contributed by atoms with Crippen LogP contribution in [0.1, 0.15) is 59.7 Å². The van der Waals surface area contributed by atoms with Gasteiger partial charge in [-0.15, -0.1) is 0 Å². The largest absolute Gasteiger partial charge is 0.478 e. The van der Waals surface area contributed by atoms with E-state index in [1.165, 1.54) is 12.1 Å². The van der Waals surface area contributed by atoms with Gasteiger partial charge in [0.15, 0.2) is 0 Å². The summed E-state index contributed by atoms with van der Waals surface area (Å²) >= 11 is 0. The normalized spacial score (nSPS) is 9.26. The van der Waals surface area contributed by atoms with E-state index in [-0.39, 0.29) is 13.0 Å². The number of benzene rings is 2. The first-order valence-corrected chi connectivity index (χ1v) is 9.39. The van der Waals surface area contributed by atoms with Crippen LogP contribution in [0.15, 0.2) is 48.5 Å². The number of aromatic carboxylic acids is 2. The number of aromatic nitrogens is 1. The van der Waals surface area contributed by atoms with Crippen LogP contribution >= 0.6 is 0 Å². The first-order chi connectivity index (χ1) is 14.2. The number of nitrogens with zero attached hydrogens (tertiary/aromatic N) is 1. The Balaban J connectivity index is 0.000000516. The van der Waals surface area contributed by atoms with Crippen molar-refractivity contribution in [3.63, 3.8) is 0 Å². The van der Waals surface area contributed by atoms with Crippen LogP contribution in [0.4, 0.5) is 5.69 Å². The van der Waals surface area contributed by atoms with Gasteiger partial charge in [0.05, 0.1) is 16.6 Å². The van der Waals surface area contributed by atoms with Crippen LogP contribution in [-0.4, -0.2) is 33.4 Å². The van der Waals surface area contributed by atoms with Crippen molar-refractivity contribution in [3.05, 3.63) is 70.9 Å². The third kappa shape index (κ3) is 8.65. The number of anilines is 1. The number of fused-ring (bicyclic) bond motifs is 1. The van der Waals surface area contributed by atoms with E-state index in [0.29, 0.717) is 17.7 Å². The lowest BCUT2D eigenvalue weighted by Crippen LogP contribution is -1.97. The molecule has 0 amide bonds. The third-order valence-electron chi connectivity index (χ3n) is 4.02. The molecule has 2 aromatic carbocycles. The zero-order valence-electron chi connectivity index (χ0n) is 17.3. The molecule has 3 aromatic rings. The molecule has 7 heteroatoms. The SMILES string of the molecule is C.CCC=O.CCc1nc2ccc(C(=O)O)cc2cc1C.Nc1ccc(C(=O)O)cc1. The first-order valence-electron chi connectivity index (χ1n) is 9.39. The highest BCUT2D eigenvalue weighted by Crippen LogP contribution is 2.18. The zero-order valence-corrected chi connectivity index (χ0v) is 17.3. The number of nitrogens with two attached hydrogens (primary N) is 1. The Hall–Kier alpha value is -3.74. The second kappa shape index (κ2) is 13.5. The standard InChI is InChI=1S/C13H13NO2.C7H7NO2.C3H6O.CH4/c1-3-11-8(2)6-10-7-9(13(15)16)4-5-12(10)14-11;8-6-3-1-5(2-4-6)7(9)10;1-2-3-4;/h4-7H,3H2,1-2H3,(H,15,16);1-4H,8H2,(H,9,10);3H,2H2,1H3;1H4. The average molecular weight is 427 g/mol. The fourth-order valence-electron chi connectivity index (χ4n) is 2.44. The van der Waals surface area contributed by atoms with Crippen LogP contribution in [0, 0.1) is 6.92 Å². The molecule has 4 N–H and O–H groups in total. The molecule has 0 saturated heterocycles. The molecule has 0 aliphatic rings. The van der Waals surface area contributed by atoms with E-state index >= 15 is 0 Å². The summed E-state index contributed by atoms with van der Waals surface area (Å²) in [5.41, 5.74) is 9.50. The van der Waals surface area contributed by atoms with Crippen molar-refractivity contribution in [3.8, 4) is 0 Å². The van der Waals surface area contributed by atoms with Crippen molar-refractivity contribution in [1.82, 2.24) is 4.98 Å². The topological polar surface area (TPSA) is 131 Å². The van der Waals surface area contributed by atoms with E-state index in [2.05, 4.69) is 11.9 Å². The molecular weight excluding hydrogens is 396 g/mol. The molecule has 3 rings (SSSR count). The van der Waals surface area contributed by atoms with E-state index in [1.807, 2.05) is 19.9 Å². The van der Waals surface area contributed by atoms with E-state index in [4.69, 9.17) is 15.9 Å². The first kappa shape index (κ1) is 27.3. The highest BCUT2D eigenvalue weighted by Gasteiger charge is 2.06. The van der Waals surface area contributed by atoms with Gasteiger partial charge in [0.1, 0.15) is 6.29 Å². The molecular formula is C24H30N2O5. The summed E-state index contributed by atoms with van der Waals surface area (Å²) in [6.07, 6.45) is 2.41. The Bertz CT molecular complexity index is 1010. The van der Waals surface area contributed by atoms with Crippen LogP contribution < -0.4 is 5.73 Å². The lowest BCUT2D eigenvalue weighted by Gasteiger charge is -2.05. The van der Waals surface area contributed by atoms with Crippen molar-refractivity contribution in [1.29, 1.82) is 0 Å². The van der Waals surface area contributed by atoms with Gasteiger partial charge in [0.25, 0.3) is 0 Å². The molecule has 0 fully saturated rings. The Morgan fingerprint density at radius 2 is 1.48 bits per heavy atom. The van der Waals surface area contributed by atoms with Crippen LogP contribution in [0.25, 0.3) is 10.9 Å². The summed E-state index contributed by atoms with van der Waals surface area (Å²) in [4.78, 5) is 34.8. The van der Waals surface area contributed by atoms with E-state index in [1.54, 1.807) is 30.3 Å². The number of nitrogen functional groups attached to an aromatic ring is 1. The summed E-state index contributed by atoms with van der Waals surface area (Å²) in [5, 5.41) is 18.2. The van der Waals surface area contributed by atoms with Crippen molar-refractivity contribution in [2.45, 2.75) is 41.0 Å². The summed E-state index contributed by atoms with van der Waals surface area (Å²) < 4.78 is 0. The van der Waals surface area contributed by atoms with Gasteiger partial charge in [0, 0.05) is 23.2 Å². The molecule has 1 heterocycles. The molecule has 31 heavy (non-hydrogen) atoms. The second-order valence-electron chi connectivity index (χ2n) is 6.32. The number of carboxylic acid groups (broad SMARTS) is 2. The molecule has 0 atom stereocenters. The second-order valence-corrected chi connectivity index (χ2v) is 6.32. The number of hydrogen-bond acceptors (Lipinski definition) is 5. The van der Waals surface area contributed by atoms with Gasteiger partial charge in [-0.05, 0) is 67.4 Å². The summed E-state index contributed by atoms with van der Waals surface area (Å²) in [6.45, 7) is 5.87. The number of carboxylic acids is 2. The van der Waals surface area contributed by atoms with Crippen LogP contribution in [0.2, 0.25) is 0 Å². The molecule has 1 aromatic heterocycles. The quantitative estimate of drug-likeness (QED) is 0.395. The third-order valence-corrected chi connectivity index (χ3v) is 4.02. The Kier molecular flexibility index (Phi) is 11.9. The Morgan fingerprint density at radius 3 is 1.94 bits per heavy atom. The van der Waals surface area contributed by atoms with E-state index in [9.17, 15) is 14.4 Å². The monoisotopic (exact) mass is 426 g/mol. The van der Waals surface area contributed by atoms with Gasteiger partial charge >= 0.3 is 11.9 Å². The maximum absolute atomic E-state index is 10.8. The maximum atomic E-state index is 10.8. The highest BCUT2D eigenvalue weighted by molar-refractivity contribution is 5.93. The molecule has 0 aliphatic carbocycles. The predicted octanol–water partition coefficient (Wildman–Crippen LogP) is 5.00. The summed E-state index contributed by atoms with van der Waals surface area (Å²) in [7, 11) is 0. The van der Waals surface area contributed by atoms with Gasteiger partial charge in [0.2, 0.25) is 0 Å². The Morgan fingerprint density at radius 1 is 0.968 bits per heavy atom. The molecule has 0 aliphatic heterocycles. The van der Waals surface area contributed by atoms with E-state index in [0.717, 1.165) is 34.9 Å². The number of hydrogen-bond donors (Lipinski definition) is 3. The molecule has 0 bridgehead atoms. The molecule has 166 valence electrons. The average Bonchev–Trinajstić information content (AvgIpc) is 2.73. The number of aryl methyl sites for hydroxylation is 2. The van der Waals surface area contributed by atoms with Gasteiger partial charge in [-0.2, -0.15) is 0 Å². The van der Waals surface area contributed by atoms with Crippen molar-refractivity contribution >= 4 is 34.8 Å². The summed E-state index contributed by atoms with van der Waals surface area (Å²) in [6, 6.07) is 13.1. The fourth-order valence-corrected chi connectivity index (χ4v) is 2.44.